The number of alkyl carbamates (subject to hydrolysis) is 1. The van der Waals surface area contributed by atoms with Crippen molar-refractivity contribution in [1.82, 2.24) is 5.32 Å². The molecular formula is C21H24N2O7. The Labute approximate surface area is 174 Å². The highest BCUT2D eigenvalue weighted by molar-refractivity contribution is 5.75. The van der Waals surface area contributed by atoms with Crippen LogP contribution >= 0.6 is 0 Å². The van der Waals surface area contributed by atoms with Crippen LogP contribution in [0.4, 0.5) is 10.5 Å². The molecule has 0 bridgehead atoms. The van der Waals surface area contributed by atoms with Gasteiger partial charge in [-0.15, -0.1) is 0 Å². The monoisotopic (exact) mass is 416 g/mol. The summed E-state index contributed by atoms with van der Waals surface area (Å²) in [6.45, 7) is 0.535. The van der Waals surface area contributed by atoms with E-state index in [0.29, 0.717) is 19.4 Å². The van der Waals surface area contributed by atoms with E-state index in [-0.39, 0.29) is 24.5 Å². The summed E-state index contributed by atoms with van der Waals surface area (Å²) in [5.74, 6) is -0.621. The molecule has 1 amide bonds. The van der Waals surface area contributed by atoms with Crippen molar-refractivity contribution in [3.63, 3.8) is 0 Å². The standard InChI is InChI=1S/C21H24N2O7/c1-28-20(24)19(30-18-12-6-5-11-17(18)23(26)27)13-7-8-14-22-21(25)29-15-16-9-3-2-4-10-16/h2-6,9-12,19H,7-8,13-15H2,1H3,(H,22,25). The van der Waals surface area contributed by atoms with Crippen LogP contribution in [0.1, 0.15) is 24.8 Å². The van der Waals surface area contributed by atoms with Gasteiger partial charge in [0.2, 0.25) is 0 Å². The lowest BCUT2D eigenvalue weighted by atomic mass is 10.1. The molecule has 0 heterocycles. The SMILES string of the molecule is COC(=O)C(CCCCNC(=O)OCc1ccccc1)Oc1ccccc1[N+](=O)[O-]. The number of esters is 1. The molecule has 1 atom stereocenters. The molecule has 0 aliphatic carbocycles. The van der Waals surface area contributed by atoms with Crippen molar-refractivity contribution in [2.75, 3.05) is 13.7 Å². The summed E-state index contributed by atoms with van der Waals surface area (Å²) >= 11 is 0. The Hall–Kier alpha value is -3.62. The lowest BCUT2D eigenvalue weighted by Gasteiger charge is -2.17. The number of methoxy groups -OCH3 is 1. The van der Waals surface area contributed by atoms with Gasteiger partial charge in [0.15, 0.2) is 11.9 Å². The summed E-state index contributed by atoms with van der Waals surface area (Å²) < 4.78 is 15.4. The lowest BCUT2D eigenvalue weighted by molar-refractivity contribution is -0.386. The van der Waals surface area contributed by atoms with Gasteiger partial charge in [0.05, 0.1) is 12.0 Å². The van der Waals surface area contributed by atoms with Crippen molar-refractivity contribution in [2.24, 2.45) is 0 Å². The molecule has 0 aliphatic heterocycles. The van der Waals surface area contributed by atoms with Crippen LogP contribution in [0.5, 0.6) is 5.75 Å². The highest BCUT2D eigenvalue weighted by Gasteiger charge is 2.24. The Morgan fingerprint density at radius 2 is 1.77 bits per heavy atom. The summed E-state index contributed by atoms with van der Waals surface area (Å²) in [5.41, 5.74) is 0.662. The molecule has 1 N–H and O–H groups in total. The number of rotatable bonds is 11. The second-order valence-electron chi connectivity index (χ2n) is 6.34. The molecule has 2 aromatic rings. The molecule has 0 saturated carbocycles. The number of nitrogens with one attached hydrogen (secondary N) is 1. The Balaban J connectivity index is 1.75. The number of hydrogen-bond donors (Lipinski definition) is 1. The summed E-state index contributed by atoms with van der Waals surface area (Å²) in [7, 11) is 1.22. The summed E-state index contributed by atoms with van der Waals surface area (Å²) in [4.78, 5) is 34.2. The third-order valence-electron chi connectivity index (χ3n) is 4.17. The molecule has 9 nitrogen and oxygen atoms in total. The van der Waals surface area contributed by atoms with Crippen molar-refractivity contribution in [3.05, 3.63) is 70.3 Å². The number of hydrogen-bond acceptors (Lipinski definition) is 7. The van der Waals surface area contributed by atoms with Gasteiger partial charge in [0.1, 0.15) is 6.61 Å². The Morgan fingerprint density at radius 3 is 2.47 bits per heavy atom. The number of amides is 1. The molecule has 0 fully saturated rings. The lowest BCUT2D eigenvalue weighted by Crippen LogP contribution is -2.29. The number of carbonyl (C=O) groups is 2. The van der Waals surface area contributed by atoms with Gasteiger partial charge >= 0.3 is 17.7 Å². The van der Waals surface area contributed by atoms with Gasteiger partial charge in [-0.05, 0) is 30.9 Å². The molecule has 2 rings (SSSR count). The maximum absolute atomic E-state index is 12.0. The Kier molecular flexibility index (Phi) is 9.11. The number of ether oxygens (including phenoxy) is 3. The number of nitro benzene ring substituents is 1. The normalized spacial score (nSPS) is 11.2. The van der Waals surface area contributed by atoms with Crippen molar-refractivity contribution in [2.45, 2.75) is 32.0 Å². The zero-order chi connectivity index (χ0) is 21.8. The molecule has 0 aliphatic rings. The first-order chi connectivity index (χ1) is 14.5. The highest BCUT2D eigenvalue weighted by Crippen LogP contribution is 2.27. The number of unbranched alkanes of at least 4 members (excludes halogenated alkanes) is 1. The first-order valence-corrected chi connectivity index (χ1v) is 9.43. The van der Waals surface area contributed by atoms with Gasteiger partial charge in [-0.25, -0.2) is 9.59 Å². The average molecular weight is 416 g/mol. The summed E-state index contributed by atoms with van der Waals surface area (Å²) in [6, 6.07) is 15.1. The van der Waals surface area contributed by atoms with E-state index in [1.54, 1.807) is 6.07 Å². The molecule has 9 heteroatoms. The maximum atomic E-state index is 12.0. The van der Waals surface area contributed by atoms with E-state index in [2.05, 4.69) is 5.32 Å². The quantitative estimate of drug-likeness (QED) is 0.257. The first kappa shape index (κ1) is 22.7. The second kappa shape index (κ2) is 12.1. The van der Waals surface area contributed by atoms with Crippen molar-refractivity contribution >= 4 is 17.7 Å². The van der Waals surface area contributed by atoms with Crippen LogP contribution in [-0.4, -0.2) is 36.7 Å². The number of nitro groups is 1. The number of nitrogens with zero attached hydrogens (tertiary/aromatic N) is 1. The van der Waals surface area contributed by atoms with Crippen molar-refractivity contribution in [3.8, 4) is 5.75 Å². The van der Waals surface area contributed by atoms with E-state index >= 15 is 0 Å². The summed E-state index contributed by atoms with van der Waals surface area (Å²) in [6.07, 6.45) is -0.145. The summed E-state index contributed by atoms with van der Waals surface area (Å²) in [5, 5.41) is 13.7. The Morgan fingerprint density at radius 1 is 1.07 bits per heavy atom. The fourth-order valence-corrected chi connectivity index (χ4v) is 2.64. The fraction of sp³-hybridized carbons (Fsp3) is 0.333. The predicted octanol–water partition coefficient (Wildman–Crippen LogP) is 3.61. The molecule has 1 unspecified atom stereocenters. The number of carbonyl (C=O) groups excluding carboxylic acids is 2. The molecule has 0 spiro atoms. The van der Waals surface area contributed by atoms with Gasteiger partial charge in [0, 0.05) is 12.6 Å². The minimum atomic E-state index is -0.985. The van der Waals surface area contributed by atoms with E-state index in [1.165, 1.54) is 25.3 Å². The molecule has 0 aromatic heterocycles. The van der Waals surface area contributed by atoms with E-state index in [0.717, 1.165) is 5.56 Å². The third kappa shape index (κ3) is 7.42. The molecule has 0 radical (unpaired) electrons. The molecule has 160 valence electrons. The van der Waals surface area contributed by atoms with E-state index in [4.69, 9.17) is 14.2 Å². The first-order valence-electron chi connectivity index (χ1n) is 9.43. The minimum absolute atomic E-state index is 0.000477. The number of benzene rings is 2. The van der Waals surface area contributed by atoms with Crippen molar-refractivity contribution < 1.29 is 28.7 Å². The molecule has 30 heavy (non-hydrogen) atoms. The average Bonchev–Trinajstić information content (AvgIpc) is 2.77. The zero-order valence-corrected chi connectivity index (χ0v) is 16.6. The topological polar surface area (TPSA) is 117 Å². The van der Waals surface area contributed by atoms with Gasteiger partial charge in [-0.2, -0.15) is 0 Å². The van der Waals surface area contributed by atoms with E-state index in [1.807, 2.05) is 30.3 Å². The van der Waals surface area contributed by atoms with Gasteiger partial charge in [-0.3, -0.25) is 10.1 Å². The minimum Gasteiger partial charge on any atom is -0.472 e. The van der Waals surface area contributed by atoms with Crippen LogP contribution in [0, 0.1) is 10.1 Å². The van der Waals surface area contributed by atoms with Crippen LogP contribution in [0.3, 0.4) is 0 Å². The largest absolute Gasteiger partial charge is 0.472 e. The van der Waals surface area contributed by atoms with E-state index < -0.39 is 23.1 Å². The Bertz CT molecular complexity index is 842. The van der Waals surface area contributed by atoms with Gasteiger partial charge in [0.25, 0.3) is 0 Å². The zero-order valence-electron chi connectivity index (χ0n) is 16.6. The fourth-order valence-electron chi connectivity index (χ4n) is 2.64. The highest BCUT2D eigenvalue weighted by atomic mass is 16.6. The predicted molar refractivity (Wildman–Crippen MR) is 108 cm³/mol. The van der Waals surface area contributed by atoms with Crippen LogP contribution in [0.2, 0.25) is 0 Å². The van der Waals surface area contributed by atoms with Crippen molar-refractivity contribution in [1.29, 1.82) is 0 Å². The van der Waals surface area contributed by atoms with Gasteiger partial charge < -0.3 is 19.5 Å². The second-order valence-corrected chi connectivity index (χ2v) is 6.34. The van der Waals surface area contributed by atoms with Crippen LogP contribution in [-0.2, 0) is 20.9 Å². The molecule has 0 saturated heterocycles. The van der Waals surface area contributed by atoms with Gasteiger partial charge in [-0.1, -0.05) is 42.5 Å². The van der Waals surface area contributed by atoms with Crippen LogP contribution in [0.25, 0.3) is 0 Å². The number of para-hydroxylation sites is 2. The third-order valence-corrected chi connectivity index (χ3v) is 4.17. The molecular weight excluding hydrogens is 392 g/mol. The van der Waals surface area contributed by atoms with E-state index in [9.17, 15) is 19.7 Å². The smallest absolute Gasteiger partial charge is 0.407 e. The maximum Gasteiger partial charge on any atom is 0.407 e. The van der Waals surface area contributed by atoms with Crippen LogP contribution in [0.15, 0.2) is 54.6 Å². The van der Waals surface area contributed by atoms with Crippen LogP contribution < -0.4 is 10.1 Å². The molecule has 2 aromatic carbocycles.